The zero-order chi connectivity index (χ0) is 18.1. The first-order valence-electron chi connectivity index (χ1n) is 6.90. The fourth-order valence-electron chi connectivity index (χ4n) is 2.21. The highest BCUT2D eigenvalue weighted by Gasteiger charge is 2.25. The molecule has 0 unspecified atom stereocenters. The average molecular weight is 600 g/mol. The molecule has 1 heterocycles. The van der Waals surface area contributed by atoms with Crippen LogP contribution in [0.15, 0.2) is 41.0 Å². The minimum atomic E-state index is -0.531. The number of carbonyl (C=O) groups excluding carboxylic acids is 1. The summed E-state index contributed by atoms with van der Waals surface area (Å²) in [5, 5.41) is 0.786. The van der Waals surface area contributed by atoms with Crippen molar-refractivity contribution in [3.05, 3.63) is 64.3 Å². The Morgan fingerprint density at radius 2 is 1.92 bits per heavy atom. The van der Waals surface area contributed by atoms with Crippen molar-refractivity contribution in [1.29, 1.82) is 0 Å². The van der Waals surface area contributed by atoms with Gasteiger partial charge in [0.2, 0.25) is 5.90 Å². The van der Waals surface area contributed by atoms with Gasteiger partial charge < -0.3 is 9.47 Å². The molecule has 128 valence electrons. The number of methoxy groups -OCH3 is 1. The Kier molecular flexibility index (Phi) is 5.92. The number of ether oxygens (including phenoxy) is 2. The molecular weight excluding hydrogens is 591 g/mol. The van der Waals surface area contributed by atoms with Gasteiger partial charge in [-0.25, -0.2) is 9.79 Å². The molecule has 25 heavy (non-hydrogen) atoms. The number of halogens is 4. The largest absolute Gasteiger partial charge is 0.495 e. The molecule has 0 bridgehead atoms. The summed E-state index contributed by atoms with van der Waals surface area (Å²) in [5.41, 5.74) is 1.53. The molecule has 0 atom stereocenters. The van der Waals surface area contributed by atoms with E-state index in [0.29, 0.717) is 21.4 Å². The van der Waals surface area contributed by atoms with Gasteiger partial charge in [0.15, 0.2) is 5.70 Å². The summed E-state index contributed by atoms with van der Waals surface area (Å²) in [6, 6.07) is 8.82. The maximum atomic E-state index is 12.2. The van der Waals surface area contributed by atoms with E-state index in [2.05, 4.69) is 50.2 Å². The SMILES string of the molecule is COc1c(I)cc(I)cc1/C=C1\N=C(c2ccc(Cl)c(Cl)c2)OC1=O. The van der Waals surface area contributed by atoms with Crippen molar-refractivity contribution < 1.29 is 14.3 Å². The summed E-state index contributed by atoms with van der Waals surface area (Å²) in [7, 11) is 1.59. The van der Waals surface area contributed by atoms with Crippen molar-refractivity contribution in [3.63, 3.8) is 0 Å². The first kappa shape index (κ1) is 18.9. The third-order valence-corrected chi connectivity index (χ3v) is 5.48. The van der Waals surface area contributed by atoms with Crippen LogP contribution < -0.4 is 4.74 Å². The molecule has 0 amide bonds. The van der Waals surface area contributed by atoms with Crippen LogP contribution in [0.1, 0.15) is 11.1 Å². The van der Waals surface area contributed by atoms with E-state index in [0.717, 1.165) is 12.7 Å². The van der Waals surface area contributed by atoms with Gasteiger partial charge in [0.25, 0.3) is 0 Å². The molecule has 0 N–H and O–H groups in total. The van der Waals surface area contributed by atoms with Crippen molar-refractivity contribution in [2.45, 2.75) is 0 Å². The molecule has 0 aliphatic carbocycles. The predicted octanol–water partition coefficient (Wildman–Crippen LogP) is 5.56. The third-order valence-electron chi connectivity index (χ3n) is 3.32. The second-order valence-electron chi connectivity index (χ2n) is 4.98. The molecule has 0 saturated heterocycles. The lowest BCUT2D eigenvalue weighted by molar-refractivity contribution is -0.129. The molecule has 2 aromatic carbocycles. The molecule has 0 aromatic heterocycles. The van der Waals surface area contributed by atoms with E-state index in [-0.39, 0.29) is 11.6 Å². The number of nitrogens with zero attached hydrogens (tertiary/aromatic N) is 1. The van der Waals surface area contributed by atoms with Gasteiger partial charge in [0.05, 0.1) is 20.7 Å². The number of cyclic esters (lactones) is 1. The van der Waals surface area contributed by atoms with Crippen molar-refractivity contribution in [2.75, 3.05) is 7.11 Å². The number of rotatable bonds is 3. The van der Waals surface area contributed by atoms with Crippen LogP contribution in [0.25, 0.3) is 6.08 Å². The number of benzene rings is 2. The lowest BCUT2D eigenvalue weighted by Gasteiger charge is -2.08. The molecule has 8 heteroatoms. The first-order chi connectivity index (χ1) is 11.9. The summed E-state index contributed by atoms with van der Waals surface area (Å²) in [6.45, 7) is 0. The Hall–Kier alpha value is -0.840. The van der Waals surface area contributed by atoms with Crippen molar-refractivity contribution >= 4 is 86.3 Å². The Morgan fingerprint density at radius 3 is 2.60 bits per heavy atom. The quantitative estimate of drug-likeness (QED) is 0.264. The molecule has 4 nitrogen and oxygen atoms in total. The Morgan fingerprint density at radius 1 is 1.16 bits per heavy atom. The van der Waals surface area contributed by atoms with Crippen LogP contribution in [0.4, 0.5) is 0 Å². The summed E-state index contributed by atoms with van der Waals surface area (Å²) in [6.07, 6.45) is 1.65. The van der Waals surface area contributed by atoms with Crippen molar-refractivity contribution in [2.24, 2.45) is 4.99 Å². The summed E-state index contributed by atoms with van der Waals surface area (Å²) in [4.78, 5) is 16.5. The smallest absolute Gasteiger partial charge is 0.363 e. The summed E-state index contributed by atoms with van der Waals surface area (Å²) >= 11 is 16.3. The second-order valence-corrected chi connectivity index (χ2v) is 8.20. The van der Waals surface area contributed by atoms with Crippen molar-refractivity contribution in [1.82, 2.24) is 0 Å². The van der Waals surface area contributed by atoms with Crippen LogP contribution in [0.2, 0.25) is 10.0 Å². The van der Waals surface area contributed by atoms with Crippen molar-refractivity contribution in [3.8, 4) is 5.75 Å². The van der Waals surface area contributed by atoms with Gasteiger partial charge in [0.1, 0.15) is 5.75 Å². The highest BCUT2D eigenvalue weighted by Crippen LogP contribution is 2.31. The first-order valence-corrected chi connectivity index (χ1v) is 9.81. The van der Waals surface area contributed by atoms with Gasteiger partial charge >= 0.3 is 5.97 Å². The fraction of sp³-hybridized carbons (Fsp3) is 0.0588. The Balaban J connectivity index is 2.03. The summed E-state index contributed by atoms with van der Waals surface area (Å²) < 4.78 is 12.7. The molecule has 3 rings (SSSR count). The average Bonchev–Trinajstić information content (AvgIpc) is 2.90. The lowest BCUT2D eigenvalue weighted by atomic mass is 10.1. The van der Waals surface area contributed by atoms with E-state index in [1.807, 2.05) is 12.1 Å². The molecule has 2 aromatic rings. The number of hydrogen-bond acceptors (Lipinski definition) is 4. The van der Waals surface area contributed by atoms with Gasteiger partial charge in [-0.1, -0.05) is 23.2 Å². The number of hydrogen-bond donors (Lipinski definition) is 0. The second kappa shape index (κ2) is 7.81. The van der Waals surface area contributed by atoms with E-state index in [1.54, 1.807) is 31.4 Å². The third kappa shape index (κ3) is 4.12. The topological polar surface area (TPSA) is 47.9 Å². The monoisotopic (exact) mass is 599 g/mol. The lowest BCUT2D eigenvalue weighted by Crippen LogP contribution is -2.05. The van der Waals surface area contributed by atoms with Crippen LogP contribution in [0.5, 0.6) is 5.75 Å². The van der Waals surface area contributed by atoms with E-state index in [4.69, 9.17) is 32.7 Å². The maximum Gasteiger partial charge on any atom is 0.363 e. The minimum Gasteiger partial charge on any atom is -0.495 e. The fourth-order valence-corrected chi connectivity index (χ4v) is 4.62. The predicted molar refractivity (Wildman–Crippen MR) is 115 cm³/mol. The molecular formula is C17H9Cl2I2NO3. The molecule has 0 fully saturated rings. The van der Waals surface area contributed by atoms with E-state index in [1.165, 1.54) is 0 Å². The molecule has 0 spiro atoms. The van der Waals surface area contributed by atoms with Crippen LogP contribution in [0, 0.1) is 7.14 Å². The van der Waals surface area contributed by atoms with Crippen LogP contribution in [0.3, 0.4) is 0 Å². The van der Waals surface area contributed by atoms with Gasteiger partial charge in [-0.05, 0) is 81.6 Å². The van der Waals surface area contributed by atoms with Gasteiger partial charge in [-0.15, -0.1) is 0 Å². The van der Waals surface area contributed by atoms with E-state index < -0.39 is 5.97 Å². The summed E-state index contributed by atoms with van der Waals surface area (Å²) in [5.74, 6) is 0.339. The zero-order valence-corrected chi connectivity index (χ0v) is 18.5. The molecule has 0 saturated carbocycles. The normalized spacial score (nSPS) is 15.3. The van der Waals surface area contributed by atoms with Crippen LogP contribution in [-0.2, 0) is 9.53 Å². The van der Waals surface area contributed by atoms with Gasteiger partial charge in [-0.3, -0.25) is 0 Å². The van der Waals surface area contributed by atoms with E-state index in [9.17, 15) is 4.79 Å². The Labute approximate surface area is 181 Å². The van der Waals surface area contributed by atoms with Crippen LogP contribution in [-0.4, -0.2) is 19.0 Å². The minimum absolute atomic E-state index is 0.189. The zero-order valence-electron chi connectivity index (χ0n) is 12.6. The maximum absolute atomic E-state index is 12.2. The number of esters is 1. The molecule has 0 radical (unpaired) electrons. The number of carbonyl (C=O) groups is 1. The molecule has 1 aliphatic rings. The van der Waals surface area contributed by atoms with E-state index >= 15 is 0 Å². The Bertz CT molecular complexity index is 942. The highest BCUT2D eigenvalue weighted by molar-refractivity contribution is 14.1. The van der Waals surface area contributed by atoms with Crippen LogP contribution >= 0.6 is 68.4 Å². The highest BCUT2D eigenvalue weighted by atomic mass is 127. The van der Waals surface area contributed by atoms with Gasteiger partial charge in [0, 0.05) is 14.7 Å². The number of aliphatic imine (C=N–C) groups is 1. The van der Waals surface area contributed by atoms with Gasteiger partial charge in [-0.2, -0.15) is 0 Å². The molecule has 1 aliphatic heterocycles. The standard InChI is InChI=1S/C17H9Cl2I2NO3/c1-24-15-9(4-10(20)7-13(15)21)6-14-17(23)25-16(22-14)8-2-3-11(18)12(19)5-8/h2-7H,1H3/b14-6-.